The monoisotopic (exact) mass is 388 g/mol. The molecular weight excluding hydrogens is 364 g/mol. The van der Waals surface area contributed by atoms with Crippen LogP contribution >= 0.6 is 0 Å². The first-order chi connectivity index (χ1) is 14.3. The molecule has 0 amide bonds. The molecule has 7 nitrogen and oxygen atoms in total. The maximum absolute atomic E-state index is 5.58. The summed E-state index contributed by atoms with van der Waals surface area (Å²) in [6.07, 6.45) is 7.11. The Morgan fingerprint density at radius 2 is 1.93 bits per heavy atom. The molecule has 1 atom stereocenters. The van der Waals surface area contributed by atoms with Crippen LogP contribution in [0.5, 0.6) is 0 Å². The van der Waals surface area contributed by atoms with Gasteiger partial charge in [-0.2, -0.15) is 10.2 Å². The van der Waals surface area contributed by atoms with Crippen LogP contribution in [0.1, 0.15) is 23.2 Å². The topological polar surface area (TPSA) is 82.7 Å². The quantitative estimate of drug-likeness (QED) is 0.552. The van der Waals surface area contributed by atoms with Crippen LogP contribution in [0.15, 0.2) is 24.5 Å². The normalized spacial score (nSPS) is 20.4. The van der Waals surface area contributed by atoms with Crippen molar-refractivity contribution in [2.24, 2.45) is 0 Å². The molecule has 1 fully saturated rings. The van der Waals surface area contributed by atoms with E-state index in [-0.39, 0.29) is 0 Å². The van der Waals surface area contributed by atoms with E-state index in [1.54, 1.807) is 0 Å². The van der Waals surface area contributed by atoms with Crippen LogP contribution in [0, 0.1) is 6.92 Å². The summed E-state index contributed by atoms with van der Waals surface area (Å²) in [7, 11) is 0. The highest BCUT2D eigenvalue weighted by Gasteiger charge is 2.30. The van der Waals surface area contributed by atoms with Gasteiger partial charge >= 0.3 is 0 Å². The minimum atomic E-state index is 0.542. The zero-order valence-electron chi connectivity index (χ0n) is 16.5. The maximum atomic E-state index is 5.58. The number of benzene rings is 1. The summed E-state index contributed by atoms with van der Waals surface area (Å²) in [6, 6.07) is 4.73. The second kappa shape index (κ2) is 6.64. The molecule has 1 unspecified atom stereocenters. The number of aromatic nitrogens is 5. The third-order valence-electron chi connectivity index (χ3n) is 6.60. The van der Waals surface area contributed by atoms with Crippen LogP contribution in [0.3, 0.4) is 0 Å². The molecule has 1 aliphatic carbocycles. The lowest BCUT2D eigenvalue weighted by Crippen LogP contribution is -2.46. The van der Waals surface area contributed by atoms with E-state index in [1.165, 1.54) is 28.3 Å². The number of pyridine rings is 1. The first-order valence-electron chi connectivity index (χ1n) is 10.4. The minimum absolute atomic E-state index is 0.542. The first kappa shape index (κ1) is 17.1. The Kier molecular flexibility index (Phi) is 3.92. The molecule has 6 rings (SSSR count). The number of nitrogens with one attached hydrogen (secondary N) is 2. The fourth-order valence-corrected chi connectivity index (χ4v) is 5.11. The lowest BCUT2D eigenvalue weighted by molar-refractivity contribution is 0.0138. The number of hydrogen-bond acceptors (Lipinski definition) is 5. The average molecular weight is 388 g/mol. The summed E-state index contributed by atoms with van der Waals surface area (Å²) < 4.78 is 5.58. The van der Waals surface area contributed by atoms with Gasteiger partial charge in [-0.05, 0) is 49.4 Å². The van der Waals surface area contributed by atoms with Gasteiger partial charge in [0.2, 0.25) is 0 Å². The maximum Gasteiger partial charge on any atom is 0.0779 e. The summed E-state index contributed by atoms with van der Waals surface area (Å²) in [6.45, 7) is 5.79. The number of nitrogens with zero attached hydrogens (tertiary/aromatic N) is 4. The molecular formula is C22H24N6O. The summed E-state index contributed by atoms with van der Waals surface area (Å²) in [5, 5.41) is 17.2. The molecule has 0 bridgehead atoms. The fourth-order valence-electron chi connectivity index (χ4n) is 5.11. The van der Waals surface area contributed by atoms with Gasteiger partial charge < -0.3 is 4.74 Å². The molecule has 4 aromatic rings. The smallest absolute Gasteiger partial charge is 0.0779 e. The van der Waals surface area contributed by atoms with Crippen molar-refractivity contribution >= 4 is 21.8 Å². The SMILES string of the molecule is Cc1[nH]ncc1-c1nc2ccc3[nH]ncc3c2c2c1CC(N1CCOCC1)CC2. The second-order valence-corrected chi connectivity index (χ2v) is 8.16. The van der Waals surface area contributed by atoms with Gasteiger partial charge in [-0.25, -0.2) is 4.98 Å². The van der Waals surface area contributed by atoms with Crippen LogP contribution < -0.4 is 0 Å². The predicted octanol–water partition coefficient (Wildman–Crippen LogP) is 3.00. The van der Waals surface area contributed by atoms with Crippen LogP contribution in [0.25, 0.3) is 33.1 Å². The van der Waals surface area contributed by atoms with Gasteiger partial charge in [0.1, 0.15) is 0 Å². The number of ether oxygens (including phenoxy) is 1. The summed E-state index contributed by atoms with van der Waals surface area (Å²) in [5.74, 6) is 0. The molecule has 0 saturated carbocycles. The van der Waals surface area contributed by atoms with Crippen molar-refractivity contribution in [2.45, 2.75) is 32.2 Å². The van der Waals surface area contributed by atoms with Gasteiger partial charge in [-0.1, -0.05) is 0 Å². The molecule has 1 aliphatic heterocycles. The molecule has 29 heavy (non-hydrogen) atoms. The third kappa shape index (κ3) is 2.68. The zero-order valence-corrected chi connectivity index (χ0v) is 16.5. The van der Waals surface area contributed by atoms with Crippen molar-refractivity contribution < 1.29 is 4.74 Å². The Bertz CT molecular complexity index is 1200. The van der Waals surface area contributed by atoms with Crippen LogP contribution in [-0.2, 0) is 17.6 Å². The van der Waals surface area contributed by atoms with Gasteiger partial charge in [0.25, 0.3) is 0 Å². The number of aryl methyl sites for hydroxylation is 2. The highest BCUT2D eigenvalue weighted by molar-refractivity contribution is 6.07. The zero-order chi connectivity index (χ0) is 19.4. The van der Waals surface area contributed by atoms with Crippen LogP contribution in [0.4, 0.5) is 0 Å². The van der Waals surface area contributed by atoms with E-state index in [4.69, 9.17) is 9.72 Å². The molecule has 7 heteroatoms. The van der Waals surface area contributed by atoms with Crippen LogP contribution in [-0.4, -0.2) is 62.6 Å². The van der Waals surface area contributed by atoms with Gasteiger partial charge in [-0.15, -0.1) is 0 Å². The summed E-state index contributed by atoms with van der Waals surface area (Å²) in [5.41, 5.74) is 8.18. The minimum Gasteiger partial charge on any atom is -0.379 e. The van der Waals surface area contributed by atoms with Gasteiger partial charge in [0.15, 0.2) is 0 Å². The van der Waals surface area contributed by atoms with Crippen molar-refractivity contribution in [1.29, 1.82) is 0 Å². The number of H-pyrrole nitrogens is 2. The van der Waals surface area contributed by atoms with Crippen molar-refractivity contribution in [2.75, 3.05) is 26.3 Å². The average Bonchev–Trinajstić information content (AvgIpc) is 3.42. The van der Waals surface area contributed by atoms with E-state index in [2.05, 4.69) is 44.4 Å². The number of rotatable bonds is 2. The first-order valence-corrected chi connectivity index (χ1v) is 10.4. The van der Waals surface area contributed by atoms with E-state index in [0.717, 1.165) is 67.1 Å². The fraction of sp³-hybridized carbons (Fsp3) is 0.409. The molecule has 1 aromatic carbocycles. The summed E-state index contributed by atoms with van der Waals surface area (Å²) in [4.78, 5) is 7.75. The molecule has 0 spiro atoms. The second-order valence-electron chi connectivity index (χ2n) is 8.16. The molecule has 1 saturated heterocycles. The highest BCUT2D eigenvalue weighted by Crippen LogP contribution is 2.39. The van der Waals surface area contributed by atoms with Crippen molar-refractivity contribution in [3.63, 3.8) is 0 Å². The Morgan fingerprint density at radius 3 is 2.76 bits per heavy atom. The van der Waals surface area contributed by atoms with E-state index < -0.39 is 0 Å². The standard InChI is InChI=1S/C22H24N6O/c1-13-17(11-23-26-13)22-16-10-14(28-6-8-29-9-7-28)2-3-15(16)21-18-12-24-27-19(18)4-5-20(21)25-22/h4-5,11-12,14H,2-3,6-10H2,1H3,(H,23,26)(H,24,27). The number of hydrogen-bond donors (Lipinski definition) is 2. The molecule has 2 aliphatic rings. The van der Waals surface area contributed by atoms with Crippen molar-refractivity contribution in [3.8, 4) is 11.3 Å². The summed E-state index contributed by atoms with van der Waals surface area (Å²) >= 11 is 0. The van der Waals surface area contributed by atoms with E-state index in [9.17, 15) is 0 Å². The van der Waals surface area contributed by atoms with Crippen molar-refractivity contribution in [1.82, 2.24) is 30.3 Å². The molecule has 148 valence electrons. The molecule has 4 heterocycles. The number of aromatic amines is 2. The predicted molar refractivity (Wildman–Crippen MR) is 112 cm³/mol. The highest BCUT2D eigenvalue weighted by atomic mass is 16.5. The van der Waals surface area contributed by atoms with Gasteiger partial charge in [0.05, 0.1) is 42.3 Å². The molecule has 0 radical (unpaired) electrons. The Labute approximate surface area is 168 Å². The largest absolute Gasteiger partial charge is 0.379 e. The van der Waals surface area contributed by atoms with Gasteiger partial charge in [0, 0.05) is 41.2 Å². The number of fused-ring (bicyclic) bond motifs is 5. The van der Waals surface area contributed by atoms with E-state index in [1.807, 2.05) is 12.4 Å². The van der Waals surface area contributed by atoms with Crippen molar-refractivity contribution in [3.05, 3.63) is 41.3 Å². The number of morpholine rings is 1. The lowest BCUT2D eigenvalue weighted by atomic mass is 9.82. The van der Waals surface area contributed by atoms with Crippen LogP contribution in [0.2, 0.25) is 0 Å². The Hall–Kier alpha value is -2.77. The van der Waals surface area contributed by atoms with E-state index >= 15 is 0 Å². The van der Waals surface area contributed by atoms with Gasteiger partial charge in [-0.3, -0.25) is 15.1 Å². The lowest BCUT2D eigenvalue weighted by Gasteiger charge is -2.38. The van der Waals surface area contributed by atoms with E-state index in [0.29, 0.717) is 6.04 Å². The molecule has 2 N–H and O–H groups in total. The third-order valence-corrected chi connectivity index (χ3v) is 6.60. The Balaban J connectivity index is 1.57. The molecule has 3 aromatic heterocycles. The Morgan fingerprint density at radius 1 is 1.07 bits per heavy atom.